The molecule has 1 aliphatic heterocycles. The zero-order valence-corrected chi connectivity index (χ0v) is 8.44. The van der Waals surface area contributed by atoms with Crippen molar-refractivity contribution < 1.29 is 4.74 Å². The van der Waals surface area contributed by atoms with Gasteiger partial charge in [-0.3, -0.25) is 0 Å². The lowest BCUT2D eigenvalue weighted by Gasteiger charge is -2.11. The molecule has 4 heteroatoms. The molecule has 0 atom stereocenters. The predicted molar refractivity (Wildman–Crippen MR) is 56.4 cm³/mol. The van der Waals surface area contributed by atoms with Crippen molar-refractivity contribution in [2.45, 2.75) is 19.6 Å². The van der Waals surface area contributed by atoms with Gasteiger partial charge in [0.25, 0.3) is 0 Å². The van der Waals surface area contributed by atoms with E-state index in [4.69, 9.17) is 10.5 Å². The molecule has 0 radical (unpaired) electrons. The van der Waals surface area contributed by atoms with Crippen LogP contribution in [0.15, 0.2) is 18.3 Å². The summed E-state index contributed by atoms with van der Waals surface area (Å²) in [6.45, 7) is 2.00. The summed E-state index contributed by atoms with van der Waals surface area (Å²) in [5.41, 5.74) is 10.0. The number of hydrogen-bond donors (Lipinski definition) is 1. The normalized spacial score (nSPS) is 15.5. The number of imidazole rings is 1. The van der Waals surface area contributed by atoms with Crippen LogP contribution in [0.1, 0.15) is 17.0 Å². The standard InChI is InChI=1S/C11H13N3O/c12-6-8-1-3-14-10-7-15-4-2-9(10)13-11(14)5-8/h1,3,5H,2,4,6-7,12H2. The first kappa shape index (κ1) is 8.88. The zero-order chi connectivity index (χ0) is 10.3. The number of hydrogen-bond acceptors (Lipinski definition) is 3. The summed E-state index contributed by atoms with van der Waals surface area (Å²) in [6, 6.07) is 4.07. The Labute approximate surface area is 87.7 Å². The minimum Gasteiger partial charge on any atom is -0.375 e. The molecule has 2 aromatic heterocycles. The van der Waals surface area contributed by atoms with Gasteiger partial charge in [-0.25, -0.2) is 4.98 Å². The molecule has 0 amide bonds. The molecule has 0 aliphatic carbocycles. The van der Waals surface area contributed by atoms with E-state index in [-0.39, 0.29) is 0 Å². The van der Waals surface area contributed by atoms with Gasteiger partial charge in [0.2, 0.25) is 0 Å². The molecule has 1 aliphatic rings. The molecule has 0 saturated heterocycles. The first-order valence-electron chi connectivity index (χ1n) is 5.15. The van der Waals surface area contributed by atoms with E-state index in [9.17, 15) is 0 Å². The molecular formula is C11H13N3O. The maximum absolute atomic E-state index is 5.60. The molecule has 3 heterocycles. The third-order valence-corrected chi connectivity index (χ3v) is 2.83. The second kappa shape index (κ2) is 3.32. The summed E-state index contributed by atoms with van der Waals surface area (Å²) in [5, 5.41) is 0. The molecule has 78 valence electrons. The van der Waals surface area contributed by atoms with E-state index in [1.54, 1.807) is 0 Å². The predicted octanol–water partition coefficient (Wildman–Crippen LogP) is 0.866. The van der Waals surface area contributed by atoms with Crippen molar-refractivity contribution in [3.05, 3.63) is 35.3 Å². The maximum atomic E-state index is 5.60. The molecule has 2 aromatic rings. The Morgan fingerprint density at radius 3 is 3.33 bits per heavy atom. The van der Waals surface area contributed by atoms with E-state index in [0.717, 1.165) is 29.9 Å². The summed E-state index contributed by atoms with van der Waals surface area (Å²) in [5.74, 6) is 0. The molecule has 0 aromatic carbocycles. The molecule has 0 fully saturated rings. The van der Waals surface area contributed by atoms with Gasteiger partial charge >= 0.3 is 0 Å². The van der Waals surface area contributed by atoms with Gasteiger partial charge in [-0.2, -0.15) is 0 Å². The van der Waals surface area contributed by atoms with Crippen molar-refractivity contribution in [1.82, 2.24) is 9.38 Å². The second-order valence-corrected chi connectivity index (χ2v) is 3.78. The Balaban J connectivity index is 2.22. The second-order valence-electron chi connectivity index (χ2n) is 3.78. The molecular weight excluding hydrogens is 190 g/mol. The van der Waals surface area contributed by atoms with Crippen LogP contribution in [0, 0.1) is 0 Å². The molecule has 15 heavy (non-hydrogen) atoms. The highest BCUT2D eigenvalue weighted by atomic mass is 16.5. The van der Waals surface area contributed by atoms with Crippen LogP contribution < -0.4 is 5.73 Å². The summed E-state index contributed by atoms with van der Waals surface area (Å²) >= 11 is 0. The van der Waals surface area contributed by atoms with E-state index in [2.05, 4.69) is 9.38 Å². The Bertz CT molecular complexity index is 504. The summed E-state index contributed by atoms with van der Waals surface area (Å²) in [4.78, 5) is 4.59. The molecule has 0 saturated carbocycles. The fourth-order valence-corrected chi connectivity index (χ4v) is 2.00. The van der Waals surface area contributed by atoms with Crippen molar-refractivity contribution >= 4 is 5.65 Å². The third-order valence-electron chi connectivity index (χ3n) is 2.83. The summed E-state index contributed by atoms with van der Waals surface area (Å²) in [6.07, 6.45) is 2.94. The minimum atomic E-state index is 0.560. The number of nitrogens with zero attached hydrogens (tertiary/aromatic N) is 2. The molecule has 4 nitrogen and oxygen atoms in total. The highest BCUT2D eigenvalue weighted by Gasteiger charge is 2.15. The lowest BCUT2D eigenvalue weighted by atomic mass is 10.2. The largest absolute Gasteiger partial charge is 0.375 e. The van der Waals surface area contributed by atoms with Crippen molar-refractivity contribution in [2.24, 2.45) is 5.73 Å². The fourth-order valence-electron chi connectivity index (χ4n) is 2.00. The van der Waals surface area contributed by atoms with Crippen LogP contribution in [0.25, 0.3) is 5.65 Å². The number of fused-ring (bicyclic) bond motifs is 3. The van der Waals surface area contributed by atoms with Crippen molar-refractivity contribution in [1.29, 1.82) is 0 Å². The van der Waals surface area contributed by atoms with Crippen molar-refractivity contribution in [2.75, 3.05) is 6.61 Å². The average molecular weight is 203 g/mol. The molecule has 2 N–H and O–H groups in total. The van der Waals surface area contributed by atoms with E-state index in [1.807, 2.05) is 18.3 Å². The number of pyridine rings is 1. The van der Waals surface area contributed by atoms with Crippen LogP contribution in [0.3, 0.4) is 0 Å². The quantitative estimate of drug-likeness (QED) is 0.748. The number of nitrogens with two attached hydrogens (primary N) is 1. The van der Waals surface area contributed by atoms with E-state index in [0.29, 0.717) is 13.2 Å². The average Bonchev–Trinajstić information content (AvgIpc) is 2.66. The number of aromatic nitrogens is 2. The summed E-state index contributed by atoms with van der Waals surface area (Å²) < 4.78 is 7.52. The van der Waals surface area contributed by atoms with Gasteiger partial charge in [-0.1, -0.05) is 0 Å². The van der Waals surface area contributed by atoms with Crippen molar-refractivity contribution in [3.8, 4) is 0 Å². The Kier molecular flexibility index (Phi) is 1.97. The van der Waals surface area contributed by atoms with Crippen LogP contribution in [0.5, 0.6) is 0 Å². The van der Waals surface area contributed by atoms with Gasteiger partial charge in [0.1, 0.15) is 5.65 Å². The van der Waals surface area contributed by atoms with Crippen LogP contribution in [0.4, 0.5) is 0 Å². The Hall–Kier alpha value is -1.39. The lowest BCUT2D eigenvalue weighted by Crippen LogP contribution is -2.10. The monoisotopic (exact) mass is 203 g/mol. The highest BCUT2D eigenvalue weighted by molar-refractivity contribution is 5.46. The third kappa shape index (κ3) is 1.33. The maximum Gasteiger partial charge on any atom is 0.137 e. The molecule has 0 bridgehead atoms. The Morgan fingerprint density at radius 1 is 1.53 bits per heavy atom. The van der Waals surface area contributed by atoms with Crippen LogP contribution in [-0.4, -0.2) is 16.0 Å². The van der Waals surface area contributed by atoms with Gasteiger partial charge in [-0.15, -0.1) is 0 Å². The van der Waals surface area contributed by atoms with Gasteiger partial charge < -0.3 is 14.9 Å². The smallest absolute Gasteiger partial charge is 0.137 e. The van der Waals surface area contributed by atoms with Crippen LogP contribution >= 0.6 is 0 Å². The van der Waals surface area contributed by atoms with Crippen molar-refractivity contribution in [3.63, 3.8) is 0 Å². The fraction of sp³-hybridized carbons (Fsp3) is 0.364. The van der Waals surface area contributed by atoms with Gasteiger partial charge in [0.05, 0.1) is 24.6 Å². The first-order valence-corrected chi connectivity index (χ1v) is 5.15. The molecule has 3 rings (SSSR count). The van der Waals surface area contributed by atoms with Gasteiger partial charge in [-0.05, 0) is 17.7 Å². The highest BCUT2D eigenvalue weighted by Crippen LogP contribution is 2.19. The SMILES string of the molecule is NCc1ccn2c3c(nc2c1)CCOC3. The Morgan fingerprint density at radius 2 is 2.47 bits per heavy atom. The number of ether oxygens (including phenoxy) is 1. The van der Waals surface area contributed by atoms with E-state index < -0.39 is 0 Å². The lowest BCUT2D eigenvalue weighted by molar-refractivity contribution is 0.106. The van der Waals surface area contributed by atoms with Crippen LogP contribution in [-0.2, 0) is 24.3 Å². The summed E-state index contributed by atoms with van der Waals surface area (Å²) in [7, 11) is 0. The molecule has 0 spiro atoms. The van der Waals surface area contributed by atoms with Gasteiger partial charge in [0, 0.05) is 19.2 Å². The van der Waals surface area contributed by atoms with E-state index >= 15 is 0 Å². The van der Waals surface area contributed by atoms with Crippen LogP contribution in [0.2, 0.25) is 0 Å². The van der Waals surface area contributed by atoms with Gasteiger partial charge in [0.15, 0.2) is 0 Å². The number of rotatable bonds is 1. The minimum absolute atomic E-state index is 0.560. The zero-order valence-electron chi connectivity index (χ0n) is 8.44. The molecule has 0 unspecified atom stereocenters. The van der Waals surface area contributed by atoms with E-state index in [1.165, 1.54) is 5.69 Å². The topological polar surface area (TPSA) is 52.5 Å². The first-order chi connectivity index (χ1) is 7.38.